The Morgan fingerprint density at radius 2 is 1.43 bits per heavy atom. The number of aromatic hydroxyl groups is 1. The minimum atomic E-state index is -4.96. The normalized spacial score (nSPS) is 12.6. The largest absolute Gasteiger partial charge is 0.505 e. The molecular weight excluding hydrogens is 663 g/mol. The van der Waals surface area contributed by atoms with Crippen molar-refractivity contribution in [1.82, 2.24) is 0 Å². The van der Waals surface area contributed by atoms with E-state index in [4.69, 9.17) is 4.55 Å². The number of carbonyl (C=O) groups is 1. The fourth-order valence-electron chi connectivity index (χ4n) is 4.60. The summed E-state index contributed by atoms with van der Waals surface area (Å²) in [5, 5.41) is 22.6. The highest BCUT2D eigenvalue weighted by Gasteiger charge is 2.23. The summed E-state index contributed by atoms with van der Waals surface area (Å²) in [6.45, 7) is -0.864. The predicted molar refractivity (Wildman–Crippen MR) is 167 cm³/mol. The Bertz CT molecular complexity index is 2360. The van der Waals surface area contributed by atoms with Gasteiger partial charge in [0, 0.05) is 16.3 Å². The molecule has 0 unspecified atom stereocenters. The molecule has 1 amide bonds. The molecular formula is C29H23N3O11S3. The lowest BCUT2D eigenvalue weighted by molar-refractivity contribution is 0.102. The molecule has 5 rings (SSSR count). The van der Waals surface area contributed by atoms with E-state index in [1.54, 1.807) is 54.6 Å². The molecule has 0 spiro atoms. The van der Waals surface area contributed by atoms with E-state index in [0.29, 0.717) is 10.9 Å². The summed E-state index contributed by atoms with van der Waals surface area (Å²) in [6.07, 6.45) is 0. The van der Waals surface area contributed by atoms with Gasteiger partial charge in [0.15, 0.2) is 15.6 Å². The first-order valence-electron chi connectivity index (χ1n) is 13.1. The Balaban J connectivity index is 1.51. The van der Waals surface area contributed by atoms with E-state index in [-0.39, 0.29) is 43.9 Å². The van der Waals surface area contributed by atoms with Crippen molar-refractivity contribution in [3.8, 4) is 5.75 Å². The smallest absolute Gasteiger partial charge is 0.397 e. The van der Waals surface area contributed by atoms with Crippen molar-refractivity contribution >= 4 is 74.9 Å². The number of fused-ring (bicyclic) bond motifs is 2. The Morgan fingerprint density at radius 1 is 0.761 bits per heavy atom. The second-order valence-electron chi connectivity index (χ2n) is 9.70. The van der Waals surface area contributed by atoms with Gasteiger partial charge >= 0.3 is 10.4 Å². The van der Waals surface area contributed by atoms with Gasteiger partial charge in [0.05, 0.1) is 22.9 Å². The van der Waals surface area contributed by atoms with Crippen LogP contribution in [0.1, 0.15) is 10.4 Å². The zero-order chi connectivity index (χ0) is 33.3. The standard InChI is InChI=1S/C29H23N3O11S3/c33-27-24(13-9-18-7-4-8-23(26(18)27)30-29(34)19-5-2-1-3-6-19)31-32-25-14-10-20-17-21(11-12-22(20)28(25)45(37,38)39)44(35,36)16-15-43-46(40,41)42/h1-14,17,33H,15-16H2,(H,30,34)(H,37,38,39)(H,40,41,42). The molecule has 0 atom stereocenters. The van der Waals surface area contributed by atoms with Gasteiger partial charge in [-0.25, -0.2) is 12.6 Å². The van der Waals surface area contributed by atoms with Crippen molar-refractivity contribution in [2.45, 2.75) is 9.79 Å². The fraction of sp³-hybridized carbons (Fsp3) is 0.0690. The van der Waals surface area contributed by atoms with Gasteiger partial charge in [-0.15, -0.1) is 10.2 Å². The van der Waals surface area contributed by atoms with Crippen molar-refractivity contribution in [2.24, 2.45) is 10.2 Å². The highest BCUT2D eigenvalue weighted by Crippen LogP contribution is 2.41. The van der Waals surface area contributed by atoms with Crippen LogP contribution in [-0.4, -0.2) is 57.7 Å². The zero-order valence-electron chi connectivity index (χ0n) is 23.3. The lowest BCUT2D eigenvalue weighted by Crippen LogP contribution is -2.15. The molecule has 0 aliphatic heterocycles. The maximum absolute atomic E-state index is 12.8. The van der Waals surface area contributed by atoms with Gasteiger partial charge in [0.1, 0.15) is 16.3 Å². The third-order valence-electron chi connectivity index (χ3n) is 6.67. The van der Waals surface area contributed by atoms with Crippen LogP contribution in [0.3, 0.4) is 0 Å². The number of hydrogen-bond acceptors (Lipinski definition) is 11. The van der Waals surface area contributed by atoms with E-state index < -0.39 is 53.5 Å². The molecule has 5 aromatic carbocycles. The zero-order valence-corrected chi connectivity index (χ0v) is 25.8. The number of phenols is 1. The van der Waals surface area contributed by atoms with Crippen LogP contribution < -0.4 is 5.32 Å². The molecule has 0 radical (unpaired) electrons. The first-order valence-corrected chi connectivity index (χ1v) is 17.5. The van der Waals surface area contributed by atoms with Gasteiger partial charge in [0.25, 0.3) is 16.0 Å². The summed E-state index contributed by atoms with van der Waals surface area (Å²) in [5.41, 5.74) is 0.237. The maximum Gasteiger partial charge on any atom is 0.397 e. The summed E-state index contributed by atoms with van der Waals surface area (Å²) < 4.78 is 94.4. The van der Waals surface area contributed by atoms with Crippen LogP contribution >= 0.6 is 0 Å². The van der Waals surface area contributed by atoms with Gasteiger partial charge < -0.3 is 10.4 Å². The van der Waals surface area contributed by atoms with Gasteiger partial charge in [-0.2, -0.15) is 16.8 Å². The van der Waals surface area contributed by atoms with Crippen molar-refractivity contribution in [1.29, 1.82) is 0 Å². The number of nitrogens with one attached hydrogen (secondary N) is 1. The first-order chi connectivity index (χ1) is 21.6. The molecule has 5 aromatic rings. The first kappa shape index (κ1) is 32.6. The summed E-state index contributed by atoms with van der Waals surface area (Å²) in [7, 11) is -14.0. The van der Waals surface area contributed by atoms with E-state index in [9.17, 15) is 39.7 Å². The molecule has 14 nitrogen and oxygen atoms in total. The third-order valence-corrected chi connectivity index (χ3v) is 9.75. The second-order valence-corrected chi connectivity index (χ2v) is 14.3. The molecule has 0 bridgehead atoms. The SMILES string of the molecule is O=C(Nc1cccc2ccc(N=Nc3ccc4cc(S(=O)(=O)CCOS(=O)(=O)O)ccc4c3S(=O)(=O)O)c(O)c12)c1ccccc1. The van der Waals surface area contributed by atoms with Crippen LogP contribution in [0.15, 0.2) is 111 Å². The van der Waals surface area contributed by atoms with Gasteiger partial charge in [-0.05, 0) is 53.2 Å². The van der Waals surface area contributed by atoms with Crippen molar-refractivity contribution in [3.63, 3.8) is 0 Å². The molecule has 0 saturated carbocycles. The van der Waals surface area contributed by atoms with Gasteiger partial charge in [0.2, 0.25) is 0 Å². The van der Waals surface area contributed by atoms with Crippen LogP contribution in [0.4, 0.5) is 17.1 Å². The van der Waals surface area contributed by atoms with Crippen molar-refractivity contribution in [3.05, 3.63) is 96.6 Å². The summed E-state index contributed by atoms with van der Waals surface area (Å²) in [6, 6.07) is 22.2. The maximum atomic E-state index is 12.8. The molecule has 4 N–H and O–H groups in total. The second kappa shape index (κ2) is 12.5. The van der Waals surface area contributed by atoms with Crippen LogP contribution in [0, 0.1) is 0 Å². The van der Waals surface area contributed by atoms with E-state index in [1.165, 1.54) is 12.1 Å². The minimum Gasteiger partial charge on any atom is -0.505 e. The summed E-state index contributed by atoms with van der Waals surface area (Å²) in [4.78, 5) is 11.8. The number of amides is 1. The third kappa shape index (κ3) is 7.20. The number of hydrogen-bond donors (Lipinski definition) is 4. The number of rotatable bonds is 10. The number of carbonyl (C=O) groups excluding carboxylic acids is 1. The molecule has 0 heterocycles. The van der Waals surface area contributed by atoms with Crippen LogP contribution in [0.2, 0.25) is 0 Å². The molecule has 46 heavy (non-hydrogen) atoms. The van der Waals surface area contributed by atoms with Crippen LogP contribution in [-0.2, 0) is 34.5 Å². The Labute approximate surface area is 262 Å². The number of sulfone groups is 1. The Kier molecular flexibility index (Phi) is 8.89. The predicted octanol–water partition coefficient (Wildman–Crippen LogP) is 5.21. The lowest BCUT2D eigenvalue weighted by atomic mass is 10.1. The molecule has 17 heteroatoms. The number of anilines is 1. The van der Waals surface area contributed by atoms with Crippen LogP contribution in [0.5, 0.6) is 5.75 Å². The number of phenolic OH excluding ortho intramolecular Hbond substituents is 1. The van der Waals surface area contributed by atoms with Crippen molar-refractivity contribution in [2.75, 3.05) is 17.7 Å². The lowest BCUT2D eigenvalue weighted by Gasteiger charge is -2.12. The average Bonchev–Trinajstić information content (AvgIpc) is 2.99. The minimum absolute atomic E-state index is 0.0655. The Hall–Kier alpha value is -4.78. The van der Waals surface area contributed by atoms with E-state index in [0.717, 1.165) is 24.3 Å². The number of azo groups is 1. The fourth-order valence-corrected chi connectivity index (χ4v) is 6.96. The molecule has 0 fully saturated rings. The van der Waals surface area contributed by atoms with Gasteiger partial charge in [-0.3, -0.25) is 13.9 Å². The molecule has 0 aliphatic carbocycles. The highest BCUT2D eigenvalue weighted by molar-refractivity contribution is 7.91. The van der Waals surface area contributed by atoms with E-state index >= 15 is 0 Å². The van der Waals surface area contributed by atoms with E-state index in [1.807, 2.05) is 0 Å². The van der Waals surface area contributed by atoms with E-state index in [2.05, 4.69) is 19.7 Å². The highest BCUT2D eigenvalue weighted by atomic mass is 32.3. The number of benzene rings is 5. The topological polar surface area (TPSA) is 226 Å². The summed E-state index contributed by atoms with van der Waals surface area (Å²) >= 11 is 0. The quantitative estimate of drug-likeness (QED) is 0.110. The molecule has 0 saturated heterocycles. The van der Waals surface area contributed by atoms with Crippen LogP contribution in [0.25, 0.3) is 21.5 Å². The van der Waals surface area contributed by atoms with Gasteiger partial charge in [-0.1, -0.05) is 48.5 Å². The summed E-state index contributed by atoms with van der Waals surface area (Å²) in [5.74, 6) is -1.61. The molecule has 238 valence electrons. The number of nitrogens with zero attached hydrogens (tertiary/aromatic N) is 2. The average molecular weight is 686 g/mol. The van der Waals surface area contributed by atoms with Crippen molar-refractivity contribution < 1.29 is 48.4 Å². The molecule has 0 aliphatic rings. The molecule has 0 aromatic heterocycles. The monoisotopic (exact) mass is 685 g/mol. The Morgan fingerprint density at radius 3 is 2.13 bits per heavy atom.